The summed E-state index contributed by atoms with van der Waals surface area (Å²) in [5.41, 5.74) is 2.61. The van der Waals surface area contributed by atoms with Crippen LogP contribution in [0.2, 0.25) is 0 Å². The average molecular weight is 342 g/mol. The second-order valence-electron chi connectivity index (χ2n) is 5.77. The van der Waals surface area contributed by atoms with Gasteiger partial charge in [-0.2, -0.15) is 0 Å². The zero-order valence-electron chi connectivity index (χ0n) is 13.9. The first-order valence-corrected chi connectivity index (χ1v) is 8.18. The lowest BCUT2D eigenvalue weighted by Crippen LogP contribution is -2.34. The van der Waals surface area contributed by atoms with Gasteiger partial charge in [0.05, 0.1) is 0 Å². The Morgan fingerprint density at radius 2 is 1.96 bits per heavy atom. The number of halogens is 1. The van der Waals surface area contributed by atoms with E-state index in [1.165, 1.54) is 24.3 Å². The first kappa shape index (κ1) is 17.0. The highest BCUT2D eigenvalue weighted by molar-refractivity contribution is 5.97. The quantitative estimate of drug-likeness (QED) is 0.908. The Labute approximate surface area is 145 Å². The maximum atomic E-state index is 12.8. The Morgan fingerprint density at radius 3 is 2.68 bits per heavy atom. The molecule has 0 aliphatic carbocycles. The Kier molecular flexibility index (Phi) is 4.97. The molecule has 6 heteroatoms. The standard InChI is InChI=1S/C19H19FN2O3/c1-2-22-17-9-6-15(11-13(17)3-10-19(22)24)21-18(23)12-25-16-7-4-14(20)5-8-16/h4-9,11H,2-3,10,12H2,1H3,(H,21,23). The third kappa shape index (κ3) is 3.96. The van der Waals surface area contributed by atoms with Crippen molar-refractivity contribution >= 4 is 23.2 Å². The van der Waals surface area contributed by atoms with Crippen molar-refractivity contribution in [3.05, 3.63) is 53.8 Å². The molecule has 1 heterocycles. The van der Waals surface area contributed by atoms with Crippen molar-refractivity contribution in [3.8, 4) is 5.75 Å². The van der Waals surface area contributed by atoms with Gasteiger partial charge in [-0.3, -0.25) is 9.59 Å². The zero-order chi connectivity index (χ0) is 17.8. The van der Waals surface area contributed by atoms with Gasteiger partial charge < -0.3 is 15.0 Å². The van der Waals surface area contributed by atoms with Gasteiger partial charge >= 0.3 is 0 Å². The van der Waals surface area contributed by atoms with Crippen LogP contribution in [0.15, 0.2) is 42.5 Å². The fourth-order valence-electron chi connectivity index (χ4n) is 2.86. The number of hydrogen-bond donors (Lipinski definition) is 1. The highest BCUT2D eigenvalue weighted by Gasteiger charge is 2.22. The minimum atomic E-state index is -0.356. The van der Waals surface area contributed by atoms with E-state index >= 15 is 0 Å². The molecule has 0 saturated heterocycles. The highest BCUT2D eigenvalue weighted by Crippen LogP contribution is 2.30. The van der Waals surface area contributed by atoms with Crippen molar-refractivity contribution in [1.29, 1.82) is 0 Å². The summed E-state index contributed by atoms with van der Waals surface area (Å²) in [4.78, 5) is 25.7. The number of aryl methyl sites for hydroxylation is 1. The average Bonchev–Trinajstić information content (AvgIpc) is 2.61. The maximum absolute atomic E-state index is 12.8. The minimum absolute atomic E-state index is 0.125. The molecule has 0 saturated carbocycles. The molecule has 1 N–H and O–H groups in total. The molecule has 2 aromatic rings. The van der Waals surface area contributed by atoms with Gasteiger partial charge in [-0.25, -0.2) is 4.39 Å². The van der Waals surface area contributed by atoms with E-state index in [-0.39, 0.29) is 24.2 Å². The first-order chi connectivity index (χ1) is 12.1. The first-order valence-electron chi connectivity index (χ1n) is 8.18. The minimum Gasteiger partial charge on any atom is -0.484 e. The van der Waals surface area contributed by atoms with Crippen LogP contribution in [-0.4, -0.2) is 25.0 Å². The predicted molar refractivity (Wildman–Crippen MR) is 93.3 cm³/mol. The third-order valence-corrected chi connectivity index (χ3v) is 4.06. The normalized spacial score (nSPS) is 13.4. The Hall–Kier alpha value is -2.89. The molecule has 130 valence electrons. The van der Waals surface area contributed by atoms with Crippen LogP contribution in [0.5, 0.6) is 5.75 Å². The summed E-state index contributed by atoms with van der Waals surface area (Å²) < 4.78 is 18.2. The van der Waals surface area contributed by atoms with Crippen LogP contribution < -0.4 is 15.0 Å². The number of carbonyl (C=O) groups is 2. The Bertz CT molecular complexity index is 790. The van der Waals surface area contributed by atoms with Crippen LogP contribution in [-0.2, 0) is 16.0 Å². The molecule has 0 unspecified atom stereocenters. The summed E-state index contributed by atoms with van der Waals surface area (Å²) in [5.74, 6) is -0.104. The highest BCUT2D eigenvalue weighted by atomic mass is 19.1. The molecular weight excluding hydrogens is 323 g/mol. The molecule has 0 aromatic heterocycles. The predicted octanol–water partition coefficient (Wildman–Crippen LogP) is 3.14. The van der Waals surface area contributed by atoms with Crippen molar-refractivity contribution < 1.29 is 18.7 Å². The lowest BCUT2D eigenvalue weighted by Gasteiger charge is -2.28. The summed E-state index contributed by atoms with van der Waals surface area (Å²) in [6.45, 7) is 2.40. The monoisotopic (exact) mass is 342 g/mol. The van der Waals surface area contributed by atoms with E-state index in [4.69, 9.17) is 4.74 Å². The summed E-state index contributed by atoms with van der Waals surface area (Å²) in [6.07, 6.45) is 1.15. The number of amides is 2. The van der Waals surface area contributed by atoms with Crippen LogP contribution in [0, 0.1) is 5.82 Å². The van der Waals surface area contributed by atoms with Crippen LogP contribution in [0.1, 0.15) is 18.9 Å². The molecule has 0 radical (unpaired) electrons. The van der Waals surface area contributed by atoms with Crippen LogP contribution >= 0.6 is 0 Å². The van der Waals surface area contributed by atoms with Crippen LogP contribution in [0.4, 0.5) is 15.8 Å². The molecule has 3 rings (SSSR count). The third-order valence-electron chi connectivity index (χ3n) is 4.06. The number of anilines is 2. The van der Waals surface area contributed by atoms with Gasteiger partial charge in [0.1, 0.15) is 11.6 Å². The topological polar surface area (TPSA) is 58.6 Å². The van der Waals surface area contributed by atoms with E-state index in [1.807, 2.05) is 19.1 Å². The van der Waals surface area contributed by atoms with E-state index in [1.54, 1.807) is 11.0 Å². The van der Waals surface area contributed by atoms with E-state index in [0.29, 0.717) is 30.8 Å². The molecule has 5 nitrogen and oxygen atoms in total. The lowest BCUT2D eigenvalue weighted by atomic mass is 10.0. The molecule has 1 aliphatic heterocycles. The fraction of sp³-hybridized carbons (Fsp3) is 0.263. The zero-order valence-corrected chi connectivity index (χ0v) is 13.9. The van der Waals surface area contributed by atoms with E-state index in [2.05, 4.69) is 5.32 Å². The smallest absolute Gasteiger partial charge is 0.262 e. The van der Waals surface area contributed by atoms with Crippen molar-refractivity contribution in [2.24, 2.45) is 0 Å². The number of ether oxygens (including phenoxy) is 1. The lowest BCUT2D eigenvalue weighted by molar-refractivity contribution is -0.119. The van der Waals surface area contributed by atoms with Gasteiger partial charge in [0.15, 0.2) is 6.61 Å². The molecule has 0 spiro atoms. The number of rotatable bonds is 5. The Morgan fingerprint density at radius 1 is 1.20 bits per heavy atom. The van der Waals surface area contributed by atoms with Crippen LogP contribution in [0.3, 0.4) is 0 Å². The summed E-state index contributed by atoms with van der Waals surface area (Å²) in [7, 11) is 0. The molecule has 2 amide bonds. The summed E-state index contributed by atoms with van der Waals surface area (Å²) in [5, 5.41) is 2.78. The molecular formula is C19H19FN2O3. The second kappa shape index (κ2) is 7.34. The number of hydrogen-bond acceptors (Lipinski definition) is 3. The molecule has 25 heavy (non-hydrogen) atoms. The van der Waals surface area contributed by atoms with E-state index in [9.17, 15) is 14.0 Å². The number of benzene rings is 2. The SMILES string of the molecule is CCN1C(=O)CCc2cc(NC(=O)COc3ccc(F)cc3)ccc21. The number of nitrogens with one attached hydrogen (secondary N) is 1. The number of fused-ring (bicyclic) bond motifs is 1. The van der Waals surface area contributed by atoms with Gasteiger partial charge in [-0.05, 0) is 61.4 Å². The maximum Gasteiger partial charge on any atom is 0.262 e. The van der Waals surface area contributed by atoms with Crippen molar-refractivity contribution in [2.45, 2.75) is 19.8 Å². The van der Waals surface area contributed by atoms with Crippen molar-refractivity contribution in [1.82, 2.24) is 0 Å². The molecule has 2 aromatic carbocycles. The largest absolute Gasteiger partial charge is 0.484 e. The molecule has 0 bridgehead atoms. The van der Waals surface area contributed by atoms with Crippen molar-refractivity contribution in [2.75, 3.05) is 23.4 Å². The molecule has 0 atom stereocenters. The van der Waals surface area contributed by atoms with Gasteiger partial charge in [0.2, 0.25) is 5.91 Å². The Balaban J connectivity index is 1.62. The van der Waals surface area contributed by atoms with Gasteiger partial charge in [0, 0.05) is 24.3 Å². The molecule has 0 fully saturated rings. The van der Waals surface area contributed by atoms with E-state index < -0.39 is 0 Å². The summed E-state index contributed by atoms with van der Waals surface area (Å²) >= 11 is 0. The summed E-state index contributed by atoms with van der Waals surface area (Å²) in [6, 6.07) is 11.0. The van der Waals surface area contributed by atoms with Crippen LogP contribution in [0.25, 0.3) is 0 Å². The van der Waals surface area contributed by atoms with E-state index in [0.717, 1.165) is 11.3 Å². The second-order valence-corrected chi connectivity index (χ2v) is 5.77. The number of carbonyl (C=O) groups excluding carboxylic acids is 2. The molecule has 1 aliphatic rings. The van der Waals surface area contributed by atoms with Gasteiger partial charge in [0.25, 0.3) is 5.91 Å². The van der Waals surface area contributed by atoms with Gasteiger partial charge in [-0.1, -0.05) is 0 Å². The number of nitrogens with zero attached hydrogens (tertiary/aromatic N) is 1. The fourth-order valence-corrected chi connectivity index (χ4v) is 2.86. The van der Waals surface area contributed by atoms with Gasteiger partial charge in [-0.15, -0.1) is 0 Å². The van der Waals surface area contributed by atoms with Crippen molar-refractivity contribution in [3.63, 3.8) is 0 Å².